The third-order valence-electron chi connectivity index (χ3n) is 4.90. The highest BCUT2D eigenvalue weighted by Gasteiger charge is 2.30. The molecule has 134 valence electrons. The van der Waals surface area contributed by atoms with Gasteiger partial charge >= 0.3 is 0 Å². The average Bonchev–Trinajstić information content (AvgIpc) is 3.15. The van der Waals surface area contributed by atoms with Crippen molar-refractivity contribution in [3.63, 3.8) is 0 Å². The van der Waals surface area contributed by atoms with Gasteiger partial charge in [-0.25, -0.2) is 0 Å². The lowest BCUT2D eigenvalue weighted by atomic mass is 9.95. The Balaban J connectivity index is 1.95. The summed E-state index contributed by atoms with van der Waals surface area (Å²) in [5.74, 6) is 0.146. The van der Waals surface area contributed by atoms with Crippen molar-refractivity contribution in [1.82, 2.24) is 9.88 Å². The van der Waals surface area contributed by atoms with Crippen LogP contribution in [-0.2, 0) is 0 Å². The van der Waals surface area contributed by atoms with Gasteiger partial charge in [-0.1, -0.05) is 40.9 Å². The molecule has 6 heteroatoms. The van der Waals surface area contributed by atoms with Crippen LogP contribution in [0.5, 0.6) is 5.75 Å². The van der Waals surface area contributed by atoms with Gasteiger partial charge in [0.25, 0.3) is 0 Å². The molecule has 1 atom stereocenters. The van der Waals surface area contributed by atoms with Gasteiger partial charge in [-0.15, -0.1) is 0 Å². The van der Waals surface area contributed by atoms with Gasteiger partial charge in [-0.2, -0.15) is 0 Å². The quantitative estimate of drug-likeness (QED) is 0.571. The van der Waals surface area contributed by atoms with Crippen LogP contribution in [0.25, 0.3) is 10.9 Å². The number of rotatable bonds is 3. The lowest BCUT2D eigenvalue weighted by molar-refractivity contribution is 0.276. The van der Waals surface area contributed by atoms with Crippen molar-refractivity contribution in [2.45, 2.75) is 18.9 Å². The molecule has 0 saturated carbocycles. The molecule has 1 aliphatic rings. The summed E-state index contributed by atoms with van der Waals surface area (Å²) in [6.45, 7) is 1.86. The molecular weight excluding hydrogens is 391 g/mol. The molecule has 1 saturated heterocycles. The van der Waals surface area contributed by atoms with E-state index in [1.54, 1.807) is 18.3 Å². The molecule has 0 spiro atoms. The van der Waals surface area contributed by atoms with E-state index in [1.807, 2.05) is 24.3 Å². The zero-order valence-electron chi connectivity index (χ0n) is 13.9. The van der Waals surface area contributed by atoms with Gasteiger partial charge in [0.15, 0.2) is 0 Å². The first-order valence-electron chi connectivity index (χ1n) is 8.51. The largest absolute Gasteiger partial charge is 0.505 e. The van der Waals surface area contributed by atoms with Gasteiger partial charge in [0, 0.05) is 27.2 Å². The van der Waals surface area contributed by atoms with Gasteiger partial charge in [0.05, 0.1) is 11.1 Å². The zero-order chi connectivity index (χ0) is 18.3. The summed E-state index contributed by atoms with van der Waals surface area (Å²) in [4.78, 5) is 6.65. The molecule has 0 radical (unpaired) electrons. The molecule has 0 aliphatic carbocycles. The first-order chi connectivity index (χ1) is 12.6. The van der Waals surface area contributed by atoms with E-state index in [4.69, 9.17) is 34.8 Å². The Bertz CT molecular complexity index is 971. The number of nitrogens with zero attached hydrogens (tertiary/aromatic N) is 2. The standard InChI is InChI=1S/C20H17Cl3N2O/c21-12-5-6-14(16(22)10-12)19(25-8-1-2-9-25)15-11-17(23)13-4-3-7-24-18(13)20(15)26/h3-7,10-11,19,26H,1-2,8-9H2/t19-/m1/s1. The molecule has 1 aromatic heterocycles. The fourth-order valence-electron chi connectivity index (χ4n) is 3.70. The van der Waals surface area contributed by atoms with E-state index < -0.39 is 0 Å². The van der Waals surface area contributed by atoms with Crippen molar-refractivity contribution in [2.75, 3.05) is 13.1 Å². The van der Waals surface area contributed by atoms with Crippen LogP contribution in [0.4, 0.5) is 0 Å². The molecule has 2 aromatic carbocycles. The first kappa shape index (κ1) is 17.9. The molecule has 1 fully saturated rings. The van der Waals surface area contributed by atoms with E-state index in [1.165, 1.54) is 0 Å². The minimum Gasteiger partial charge on any atom is -0.505 e. The Hall–Kier alpha value is -1.52. The van der Waals surface area contributed by atoms with Crippen LogP contribution in [0.1, 0.15) is 30.0 Å². The minimum atomic E-state index is -0.203. The molecule has 0 unspecified atom stereocenters. The molecule has 3 nitrogen and oxygen atoms in total. The van der Waals surface area contributed by atoms with E-state index in [0.717, 1.165) is 36.9 Å². The van der Waals surface area contributed by atoms with Gasteiger partial charge in [0.1, 0.15) is 11.3 Å². The molecule has 3 aromatic rings. The topological polar surface area (TPSA) is 36.4 Å². The third-order valence-corrected chi connectivity index (χ3v) is 5.78. The summed E-state index contributed by atoms with van der Waals surface area (Å²) in [6, 6.07) is 10.8. The second-order valence-corrected chi connectivity index (χ2v) is 7.76. The fraction of sp³-hybridized carbons (Fsp3) is 0.250. The summed E-state index contributed by atoms with van der Waals surface area (Å²) < 4.78 is 0. The smallest absolute Gasteiger partial charge is 0.147 e. The molecule has 2 heterocycles. The van der Waals surface area contributed by atoms with Crippen LogP contribution in [-0.4, -0.2) is 28.1 Å². The minimum absolute atomic E-state index is 0.146. The van der Waals surface area contributed by atoms with Crippen LogP contribution in [0.3, 0.4) is 0 Å². The number of likely N-dealkylation sites (tertiary alicyclic amines) is 1. The first-order valence-corrected chi connectivity index (χ1v) is 9.64. The highest BCUT2D eigenvalue weighted by atomic mass is 35.5. The summed E-state index contributed by atoms with van der Waals surface area (Å²) in [6.07, 6.45) is 3.88. The fourth-order valence-corrected chi connectivity index (χ4v) is 4.48. The molecular formula is C20H17Cl3N2O. The Labute approximate surface area is 167 Å². The van der Waals surface area contributed by atoms with Crippen molar-refractivity contribution in [3.05, 3.63) is 68.8 Å². The van der Waals surface area contributed by atoms with E-state index in [0.29, 0.717) is 26.1 Å². The van der Waals surface area contributed by atoms with Crippen molar-refractivity contribution >= 4 is 45.7 Å². The highest BCUT2D eigenvalue weighted by molar-refractivity contribution is 6.36. The lowest BCUT2D eigenvalue weighted by Gasteiger charge is -2.30. The van der Waals surface area contributed by atoms with E-state index >= 15 is 0 Å². The number of phenolic OH excluding ortho intramolecular Hbond substituents is 1. The number of pyridine rings is 1. The Morgan fingerprint density at radius 1 is 0.962 bits per heavy atom. The maximum absolute atomic E-state index is 11.0. The van der Waals surface area contributed by atoms with E-state index in [-0.39, 0.29) is 11.8 Å². The maximum atomic E-state index is 11.0. The predicted molar refractivity (Wildman–Crippen MR) is 108 cm³/mol. The van der Waals surface area contributed by atoms with Crippen LogP contribution in [0.15, 0.2) is 42.6 Å². The Morgan fingerprint density at radius 2 is 1.73 bits per heavy atom. The van der Waals surface area contributed by atoms with Gasteiger partial charge < -0.3 is 5.11 Å². The third kappa shape index (κ3) is 3.14. The van der Waals surface area contributed by atoms with Crippen LogP contribution in [0, 0.1) is 0 Å². The molecule has 0 amide bonds. The number of phenols is 1. The molecule has 4 rings (SSSR count). The number of hydrogen-bond donors (Lipinski definition) is 1. The lowest BCUT2D eigenvalue weighted by Crippen LogP contribution is -2.27. The number of hydrogen-bond acceptors (Lipinski definition) is 3. The van der Waals surface area contributed by atoms with Crippen LogP contribution in [0.2, 0.25) is 15.1 Å². The van der Waals surface area contributed by atoms with Crippen molar-refractivity contribution in [1.29, 1.82) is 0 Å². The van der Waals surface area contributed by atoms with Crippen molar-refractivity contribution in [3.8, 4) is 5.75 Å². The second-order valence-electron chi connectivity index (χ2n) is 6.51. The second kappa shape index (κ2) is 7.24. The summed E-state index contributed by atoms with van der Waals surface area (Å²) in [7, 11) is 0. The Kier molecular flexibility index (Phi) is 4.98. The number of aromatic nitrogens is 1. The SMILES string of the molecule is Oc1c([C@@H](c2ccc(Cl)cc2Cl)N2CCCC2)cc(Cl)c2cccnc12. The van der Waals surface area contributed by atoms with Gasteiger partial charge in [0.2, 0.25) is 0 Å². The van der Waals surface area contributed by atoms with E-state index in [9.17, 15) is 5.11 Å². The van der Waals surface area contributed by atoms with E-state index in [2.05, 4.69) is 9.88 Å². The summed E-state index contributed by atoms with van der Waals surface area (Å²) >= 11 is 19.1. The van der Waals surface area contributed by atoms with Crippen molar-refractivity contribution < 1.29 is 5.11 Å². The number of fused-ring (bicyclic) bond motifs is 1. The highest BCUT2D eigenvalue weighted by Crippen LogP contribution is 2.43. The number of aromatic hydroxyl groups is 1. The Morgan fingerprint density at radius 3 is 2.46 bits per heavy atom. The summed E-state index contributed by atoms with van der Waals surface area (Å²) in [5, 5.41) is 13.5. The van der Waals surface area contributed by atoms with Crippen LogP contribution >= 0.6 is 34.8 Å². The number of benzene rings is 2. The maximum Gasteiger partial charge on any atom is 0.147 e. The summed E-state index contributed by atoms with van der Waals surface area (Å²) in [5.41, 5.74) is 2.12. The van der Waals surface area contributed by atoms with Crippen LogP contribution < -0.4 is 0 Å². The van der Waals surface area contributed by atoms with Gasteiger partial charge in [-0.05, 0) is 61.8 Å². The molecule has 26 heavy (non-hydrogen) atoms. The predicted octanol–water partition coefficient (Wildman–Crippen LogP) is 6.09. The monoisotopic (exact) mass is 406 g/mol. The molecule has 0 bridgehead atoms. The normalized spacial score (nSPS) is 16.3. The molecule has 1 N–H and O–H groups in total. The average molecular weight is 408 g/mol. The zero-order valence-corrected chi connectivity index (χ0v) is 16.2. The molecule has 1 aliphatic heterocycles. The van der Waals surface area contributed by atoms with Gasteiger partial charge in [-0.3, -0.25) is 9.88 Å². The van der Waals surface area contributed by atoms with Crippen molar-refractivity contribution in [2.24, 2.45) is 0 Å². The number of halogens is 3.